The number of carbonyl (C=O) groups is 2. The molecule has 1 amide bonds. The Bertz CT molecular complexity index is 478. The lowest BCUT2D eigenvalue weighted by Gasteiger charge is -2.35. The van der Waals surface area contributed by atoms with Gasteiger partial charge in [0.25, 0.3) is 14.2 Å². The molecule has 0 fully saturated rings. The van der Waals surface area contributed by atoms with Crippen molar-refractivity contribution >= 4 is 20.2 Å². The summed E-state index contributed by atoms with van der Waals surface area (Å²) in [7, 11) is -2.12. The van der Waals surface area contributed by atoms with E-state index in [1.54, 1.807) is 24.3 Å². The summed E-state index contributed by atoms with van der Waals surface area (Å²) >= 11 is 0. The van der Waals surface area contributed by atoms with Gasteiger partial charge in [0.1, 0.15) is 6.54 Å². The van der Waals surface area contributed by atoms with Crippen LogP contribution in [-0.4, -0.2) is 26.7 Å². The summed E-state index contributed by atoms with van der Waals surface area (Å²) in [6, 6.07) is 8.80. The van der Waals surface area contributed by atoms with Crippen molar-refractivity contribution in [2.24, 2.45) is 0 Å². The number of benzene rings is 1. The highest BCUT2D eigenvalue weighted by Gasteiger charge is 2.40. The van der Waals surface area contributed by atoms with Gasteiger partial charge < -0.3 is 9.74 Å². The number of hydrogen-bond donors (Lipinski definition) is 1. The van der Waals surface area contributed by atoms with Crippen LogP contribution in [0.5, 0.6) is 0 Å². The van der Waals surface area contributed by atoms with Crippen molar-refractivity contribution in [2.75, 3.05) is 6.54 Å². The minimum absolute atomic E-state index is 0.0356. The second-order valence-corrected chi connectivity index (χ2v) is 11.0. The molecule has 0 aliphatic heterocycles. The van der Waals surface area contributed by atoms with Gasteiger partial charge in [-0.1, -0.05) is 39.0 Å². The van der Waals surface area contributed by atoms with Crippen molar-refractivity contribution in [3.63, 3.8) is 0 Å². The van der Waals surface area contributed by atoms with Crippen molar-refractivity contribution < 1.29 is 14.0 Å². The van der Waals surface area contributed by atoms with E-state index in [4.69, 9.17) is 4.43 Å². The Kier molecular flexibility index (Phi) is 5.11. The maximum absolute atomic E-state index is 11.8. The van der Waals surface area contributed by atoms with Crippen LogP contribution in [0.25, 0.3) is 0 Å². The van der Waals surface area contributed by atoms with Crippen LogP contribution in [0, 0.1) is 0 Å². The highest BCUT2D eigenvalue weighted by atomic mass is 28.4. The number of hydrogen-bond acceptors (Lipinski definition) is 3. The molecule has 20 heavy (non-hydrogen) atoms. The van der Waals surface area contributed by atoms with Gasteiger partial charge in [0, 0.05) is 5.56 Å². The fraction of sp³-hybridized carbons (Fsp3) is 0.467. The molecular formula is C15H23NO3Si. The molecule has 5 heteroatoms. The van der Waals surface area contributed by atoms with E-state index in [0.29, 0.717) is 5.56 Å². The third kappa shape index (κ3) is 4.49. The van der Waals surface area contributed by atoms with Gasteiger partial charge in [-0.05, 0) is 30.3 Å². The molecule has 0 spiro atoms. The van der Waals surface area contributed by atoms with E-state index in [9.17, 15) is 9.59 Å². The van der Waals surface area contributed by atoms with Crippen LogP contribution in [0.2, 0.25) is 18.1 Å². The summed E-state index contributed by atoms with van der Waals surface area (Å²) in [5, 5.41) is 2.55. The standard InChI is InChI=1S/C15H23NO3Si/c1-15(2,3)20(4,5)19-13(17)11-16-14(18)12-9-7-6-8-10-12/h6-10H,11H2,1-5H3,(H,16,18). The Labute approximate surface area is 121 Å². The lowest BCUT2D eigenvalue weighted by molar-refractivity contribution is -0.134. The molecule has 0 aromatic heterocycles. The molecule has 1 aromatic rings. The zero-order valence-electron chi connectivity index (χ0n) is 12.8. The van der Waals surface area contributed by atoms with Crippen molar-refractivity contribution in [1.82, 2.24) is 5.32 Å². The summed E-state index contributed by atoms with van der Waals surface area (Å²) in [4.78, 5) is 23.6. The average Bonchev–Trinajstić information content (AvgIpc) is 2.35. The Morgan fingerprint density at radius 1 is 1.15 bits per heavy atom. The Balaban J connectivity index is 2.51. The van der Waals surface area contributed by atoms with E-state index >= 15 is 0 Å². The van der Waals surface area contributed by atoms with E-state index in [1.165, 1.54) is 0 Å². The van der Waals surface area contributed by atoms with Crippen LogP contribution in [0.3, 0.4) is 0 Å². The lowest BCUT2D eigenvalue weighted by Crippen LogP contribution is -2.45. The fourth-order valence-electron chi connectivity index (χ4n) is 1.32. The van der Waals surface area contributed by atoms with Crippen LogP contribution in [0.4, 0.5) is 0 Å². The SMILES string of the molecule is CC(C)(C)[Si](C)(C)OC(=O)CNC(=O)c1ccccc1. The van der Waals surface area contributed by atoms with E-state index in [-0.39, 0.29) is 23.5 Å². The van der Waals surface area contributed by atoms with Crippen molar-refractivity contribution in [2.45, 2.75) is 38.9 Å². The highest BCUT2D eigenvalue weighted by molar-refractivity contribution is 6.75. The first-order chi connectivity index (χ1) is 9.13. The molecule has 0 heterocycles. The topological polar surface area (TPSA) is 55.4 Å². The number of nitrogens with one attached hydrogen (secondary N) is 1. The molecule has 0 aliphatic carbocycles. The smallest absolute Gasteiger partial charge is 0.312 e. The molecule has 0 saturated carbocycles. The normalized spacial score (nSPS) is 11.8. The van der Waals surface area contributed by atoms with E-state index in [0.717, 1.165) is 0 Å². The van der Waals surface area contributed by atoms with Crippen molar-refractivity contribution in [3.8, 4) is 0 Å². The Morgan fingerprint density at radius 2 is 1.70 bits per heavy atom. The third-order valence-electron chi connectivity index (χ3n) is 3.60. The Hall–Kier alpha value is -1.62. The van der Waals surface area contributed by atoms with Crippen LogP contribution in [0.1, 0.15) is 31.1 Å². The van der Waals surface area contributed by atoms with Gasteiger partial charge >= 0.3 is 5.97 Å². The third-order valence-corrected chi connectivity index (χ3v) is 7.95. The summed E-state index contributed by atoms with van der Waals surface area (Å²) in [6.45, 7) is 10.1. The van der Waals surface area contributed by atoms with Crippen LogP contribution < -0.4 is 5.32 Å². The molecule has 4 nitrogen and oxygen atoms in total. The molecule has 0 bridgehead atoms. The van der Waals surface area contributed by atoms with Crippen LogP contribution in [-0.2, 0) is 9.22 Å². The summed E-state index contributed by atoms with van der Waals surface area (Å²) in [5.41, 5.74) is 0.535. The minimum Gasteiger partial charge on any atom is -0.518 e. The summed E-state index contributed by atoms with van der Waals surface area (Å²) < 4.78 is 5.57. The predicted octanol–water partition coefficient (Wildman–Crippen LogP) is 2.96. The lowest BCUT2D eigenvalue weighted by atomic mass is 10.2. The molecule has 110 valence electrons. The van der Waals surface area contributed by atoms with Gasteiger partial charge in [0.05, 0.1) is 0 Å². The number of amides is 1. The Morgan fingerprint density at radius 3 is 2.20 bits per heavy atom. The fourth-order valence-corrected chi connectivity index (χ4v) is 2.27. The first-order valence-electron chi connectivity index (χ1n) is 6.68. The van der Waals surface area contributed by atoms with Crippen LogP contribution >= 0.6 is 0 Å². The average molecular weight is 293 g/mol. The number of rotatable bonds is 4. The summed E-state index contributed by atoms with van der Waals surface area (Å²) in [6.07, 6.45) is 0. The maximum Gasteiger partial charge on any atom is 0.312 e. The largest absolute Gasteiger partial charge is 0.518 e. The van der Waals surface area contributed by atoms with E-state index < -0.39 is 8.32 Å². The molecule has 0 aliphatic rings. The second-order valence-electron chi connectivity index (χ2n) is 6.28. The van der Waals surface area contributed by atoms with Gasteiger partial charge in [0.2, 0.25) is 0 Å². The summed E-state index contributed by atoms with van der Waals surface area (Å²) in [5.74, 6) is -0.640. The zero-order valence-corrected chi connectivity index (χ0v) is 13.8. The minimum atomic E-state index is -2.12. The second kappa shape index (κ2) is 6.22. The quantitative estimate of drug-likeness (QED) is 0.868. The van der Waals surface area contributed by atoms with Gasteiger partial charge in [-0.15, -0.1) is 0 Å². The van der Waals surface area contributed by atoms with Crippen molar-refractivity contribution in [1.29, 1.82) is 0 Å². The molecule has 0 radical (unpaired) electrons. The van der Waals surface area contributed by atoms with E-state index in [2.05, 4.69) is 26.1 Å². The van der Waals surface area contributed by atoms with Gasteiger partial charge in [0.15, 0.2) is 0 Å². The molecule has 1 N–H and O–H groups in total. The first kappa shape index (κ1) is 16.4. The highest BCUT2D eigenvalue weighted by Crippen LogP contribution is 2.36. The van der Waals surface area contributed by atoms with E-state index in [1.807, 2.05) is 19.2 Å². The number of carbonyl (C=O) groups excluding carboxylic acids is 2. The van der Waals surface area contributed by atoms with Crippen LogP contribution in [0.15, 0.2) is 30.3 Å². The van der Waals surface area contributed by atoms with Gasteiger partial charge in [-0.2, -0.15) is 0 Å². The first-order valence-corrected chi connectivity index (χ1v) is 9.59. The zero-order chi connectivity index (χ0) is 15.4. The molecule has 0 saturated heterocycles. The maximum atomic E-state index is 11.8. The molecule has 1 rings (SSSR count). The van der Waals surface area contributed by atoms with Gasteiger partial charge in [-0.3, -0.25) is 9.59 Å². The monoisotopic (exact) mass is 293 g/mol. The molecule has 0 unspecified atom stereocenters. The molecule has 1 aromatic carbocycles. The molecule has 0 atom stereocenters. The molecular weight excluding hydrogens is 270 g/mol. The predicted molar refractivity (Wildman–Crippen MR) is 82.1 cm³/mol. The van der Waals surface area contributed by atoms with Gasteiger partial charge in [-0.25, -0.2) is 0 Å². The van der Waals surface area contributed by atoms with Crippen molar-refractivity contribution in [3.05, 3.63) is 35.9 Å².